The van der Waals surface area contributed by atoms with Gasteiger partial charge in [-0.15, -0.1) is 0 Å². The third-order valence-electron chi connectivity index (χ3n) is 3.31. The van der Waals surface area contributed by atoms with E-state index in [1.54, 1.807) is 0 Å². The minimum Gasteiger partial charge on any atom is -0.394 e. The van der Waals surface area contributed by atoms with E-state index in [9.17, 15) is 10.2 Å². The molecule has 0 amide bonds. The smallest absolute Gasteiger partial charge is 0.181 e. The molecular formula is C10H13N5O4S. The van der Waals surface area contributed by atoms with Crippen molar-refractivity contribution in [3.8, 4) is 0 Å². The average molecular weight is 299 g/mol. The molecule has 3 rings (SSSR count). The number of anilines is 1. The number of imidazole rings is 1. The molecule has 108 valence electrons. The number of nitrogens with one attached hydrogen (secondary N) is 1. The first-order valence-corrected chi connectivity index (χ1v) is 6.28. The minimum atomic E-state index is -1.24. The second kappa shape index (κ2) is 4.75. The fraction of sp³-hybridized carbons (Fsp3) is 0.500. The van der Waals surface area contributed by atoms with E-state index in [1.165, 1.54) is 10.9 Å². The van der Waals surface area contributed by atoms with Crippen LogP contribution in [0.5, 0.6) is 0 Å². The van der Waals surface area contributed by atoms with Gasteiger partial charge in [0.25, 0.3) is 0 Å². The molecule has 4 atom stereocenters. The summed E-state index contributed by atoms with van der Waals surface area (Å²) < 4.78 is 7.07. The van der Waals surface area contributed by atoms with Gasteiger partial charge in [0.1, 0.15) is 30.2 Å². The van der Waals surface area contributed by atoms with Crippen molar-refractivity contribution in [2.75, 3.05) is 12.3 Å². The zero-order valence-electron chi connectivity index (χ0n) is 10.2. The monoisotopic (exact) mass is 299 g/mol. The standard InChI is InChI=1S/C10H13N5O4S/c11-7-4-8(13-2-12-7)15(10(20)14-4)9-6(18)5(17)3(1-16)19-9/h2-3,5-6,9,16-18H,1H2,(H,14,20)(H2,11,12,13)/t3-,5+,6+,9-/m0/s1. The molecule has 1 aliphatic heterocycles. The molecule has 2 aromatic rings. The first-order chi connectivity index (χ1) is 9.54. The van der Waals surface area contributed by atoms with Crippen molar-refractivity contribution in [3.05, 3.63) is 11.1 Å². The number of H-pyrrole nitrogens is 1. The Labute approximate surface area is 117 Å². The Balaban J connectivity index is 2.14. The highest BCUT2D eigenvalue weighted by Gasteiger charge is 2.44. The summed E-state index contributed by atoms with van der Waals surface area (Å²) in [7, 11) is 0. The van der Waals surface area contributed by atoms with Crippen molar-refractivity contribution < 1.29 is 20.1 Å². The maximum absolute atomic E-state index is 10.0. The summed E-state index contributed by atoms with van der Waals surface area (Å²) in [6, 6.07) is 0. The third kappa shape index (κ3) is 1.81. The zero-order valence-corrected chi connectivity index (χ0v) is 11.0. The van der Waals surface area contributed by atoms with Crippen LogP contribution in [0.15, 0.2) is 6.33 Å². The molecule has 9 nitrogen and oxygen atoms in total. The quantitative estimate of drug-likeness (QED) is 0.430. The number of ether oxygens (including phenoxy) is 1. The van der Waals surface area contributed by atoms with Gasteiger partial charge in [-0.1, -0.05) is 0 Å². The lowest BCUT2D eigenvalue weighted by molar-refractivity contribution is -0.0517. The molecule has 20 heavy (non-hydrogen) atoms. The first kappa shape index (κ1) is 13.4. The summed E-state index contributed by atoms with van der Waals surface area (Å²) in [5.41, 5.74) is 6.50. The van der Waals surface area contributed by atoms with Crippen LogP contribution in [-0.4, -0.2) is 59.8 Å². The molecule has 0 aliphatic carbocycles. The molecule has 2 aromatic heterocycles. The van der Waals surface area contributed by atoms with Gasteiger partial charge in [0, 0.05) is 0 Å². The largest absolute Gasteiger partial charge is 0.394 e. The van der Waals surface area contributed by atoms with E-state index in [1.807, 2.05) is 0 Å². The molecule has 1 saturated heterocycles. The summed E-state index contributed by atoms with van der Waals surface area (Å²) in [4.78, 5) is 10.7. The Morgan fingerprint density at radius 3 is 2.80 bits per heavy atom. The Hall–Kier alpha value is -1.59. The highest BCUT2D eigenvalue weighted by atomic mass is 32.1. The predicted molar refractivity (Wildman–Crippen MR) is 70.1 cm³/mol. The van der Waals surface area contributed by atoms with Crippen molar-refractivity contribution in [2.24, 2.45) is 0 Å². The van der Waals surface area contributed by atoms with Gasteiger partial charge in [-0.2, -0.15) is 0 Å². The Kier molecular flexibility index (Phi) is 3.18. The number of aliphatic hydroxyl groups is 3. The third-order valence-corrected chi connectivity index (χ3v) is 3.61. The Bertz CT molecular complexity index is 701. The van der Waals surface area contributed by atoms with Crippen molar-refractivity contribution in [1.29, 1.82) is 0 Å². The lowest BCUT2D eigenvalue weighted by Crippen LogP contribution is -2.33. The van der Waals surface area contributed by atoms with E-state index < -0.39 is 31.1 Å². The maximum atomic E-state index is 10.0. The Morgan fingerprint density at radius 2 is 2.15 bits per heavy atom. The molecule has 0 radical (unpaired) electrons. The molecule has 0 aromatic carbocycles. The fourth-order valence-electron chi connectivity index (χ4n) is 2.28. The van der Waals surface area contributed by atoms with E-state index in [-0.39, 0.29) is 10.6 Å². The molecule has 3 heterocycles. The molecule has 1 aliphatic rings. The molecular weight excluding hydrogens is 286 g/mol. The van der Waals surface area contributed by atoms with E-state index in [4.69, 9.17) is 27.8 Å². The van der Waals surface area contributed by atoms with E-state index in [2.05, 4.69) is 15.0 Å². The topological polar surface area (TPSA) is 142 Å². The number of nitrogens with two attached hydrogens (primary N) is 1. The Morgan fingerprint density at radius 1 is 1.40 bits per heavy atom. The van der Waals surface area contributed by atoms with Crippen molar-refractivity contribution in [1.82, 2.24) is 19.5 Å². The average Bonchev–Trinajstić information content (AvgIpc) is 2.90. The number of nitrogen functional groups attached to an aromatic ring is 1. The number of fused-ring (bicyclic) bond motifs is 1. The van der Waals surface area contributed by atoms with Crippen LogP contribution in [0.4, 0.5) is 5.82 Å². The van der Waals surface area contributed by atoms with E-state index in [0.29, 0.717) is 11.2 Å². The normalized spacial score (nSPS) is 30.1. The van der Waals surface area contributed by atoms with Gasteiger partial charge >= 0.3 is 0 Å². The van der Waals surface area contributed by atoms with Crippen molar-refractivity contribution in [2.45, 2.75) is 24.5 Å². The van der Waals surface area contributed by atoms with Crippen molar-refractivity contribution in [3.63, 3.8) is 0 Å². The summed E-state index contributed by atoms with van der Waals surface area (Å²) in [5, 5.41) is 28.9. The van der Waals surface area contributed by atoms with Crippen LogP contribution in [0, 0.1) is 4.77 Å². The second-order valence-corrected chi connectivity index (χ2v) is 4.87. The molecule has 6 N–H and O–H groups in total. The number of hydrogen-bond donors (Lipinski definition) is 5. The zero-order chi connectivity index (χ0) is 14.4. The number of aliphatic hydroxyl groups excluding tert-OH is 3. The summed E-state index contributed by atoms with van der Waals surface area (Å²) in [5.74, 6) is 0.214. The number of aromatic amines is 1. The van der Waals surface area contributed by atoms with Crippen molar-refractivity contribution >= 4 is 29.2 Å². The van der Waals surface area contributed by atoms with Crippen LogP contribution in [0.1, 0.15) is 6.23 Å². The second-order valence-electron chi connectivity index (χ2n) is 4.49. The van der Waals surface area contributed by atoms with Crippen LogP contribution in [-0.2, 0) is 4.74 Å². The SMILES string of the molecule is Nc1ncnc2c1[nH]c(=S)n2[C@H]1O[C@@H](CO)[C@@H](O)[C@H]1O. The van der Waals surface area contributed by atoms with Gasteiger partial charge in [-0.05, 0) is 12.2 Å². The summed E-state index contributed by atoms with van der Waals surface area (Å²) in [6.07, 6.45) is -3.04. The van der Waals surface area contributed by atoms with Gasteiger partial charge in [0.05, 0.1) is 6.61 Å². The predicted octanol–water partition coefficient (Wildman–Crippen LogP) is -1.32. The lowest BCUT2D eigenvalue weighted by Gasteiger charge is -2.16. The van der Waals surface area contributed by atoms with Crippen LogP contribution in [0.3, 0.4) is 0 Å². The van der Waals surface area contributed by atoms with Gasteiger partial charge in [-0.3, -0.25) is 4.57 Å². The number of hydrogen-bond acceptors (Lipinski definition) is 8. The number of aromatic nitrogens is 4. The molecule has 10 heteroatoms. The lowest BCUT2D eigenvalue weighted by atomic mass is 10.1. The molecule has 1 fully saturated rings. The van der Waals surface area contributed by atoms with Gasteiger partial charge in [0.15, 0.2) is 22.5 Å². The van der Waals surface area contributed by atoms with Crippen LogP contribution in [0.25, 0.3) is 11.2 Å². The molecule has 0 unspecified atom stereocenters. The highest BCUT2D eigenvalue weighted by molar-refractivity contribution is 7.71. The molecule has 0 saturated carbocycles. The number of nitrogens with zero attached hydrogens (tertiary/aromatic N) is 3. The van der Waals surface area contributed by atoms with Gasteiger partial charge < -0.3 is 30.8 Å². The summed E-state index contributed by atoms with van der Waals surface area (Å²) >= 11 is 5.16. The minimum absolute atomic E-state index is 0.214. The van der Waals surface area contributed by atoms with Crippen LogP contribution in [0.2, 0.25) is 0 Å². The van der Waals surface area contributed by atoms with Crippen LogP contribution >= 0.6 is 12.2 Å². The fourth-order valence-corrected chi connectivity index (χ4v) is 2.58. The highest BCUT2D eigenvalue weighted by Crippen LogP contribution is 2.32. The van der Waals surface area contributed by atoms with Gasteiger partial charge in [0.2, 0.25) is 0 Å². The van der Waals surface area contributed by atoms with E-state index in [0.717, 1.165) is 0 Å². The maximum Gasteiger partial charge on any atom is 0.181 e. The number of rotatable bonds is 2. The van der Waals surface area contributed by atoms with Gasteiger partial charge in [-0.25, -0.2) is 9.97 Å². The molecule has 0 bridgehead atoms. The summed E-state index contributed by atoms with van der Waals surface area (Å²) in [6.45, 7) is -0.415. The van der Waals surface area contributed by atoms with E-state index >= 15 is 0 Å². The first-order valence-electron chi connectivity index (χ1n) is 5.87. The molecule has 0 spiro atoms. The van der Waals surface area contributed by atoms with Crippen LogP contribution < -0.4 is 5.73 Å².